The number of aliphatic imine (C=N–C) groups is 1. The summed E-state index contributed by atoms with van der Waals surface area (Å²) in [7, 11) is 0. The average molecular weight is 437 g/mol. The first kappa shape index (κ1) is 20.2. The predicted octanol–water partition coefficient (Wildman–Crippen LogP) is 7.25. The molecule has 4 heteroatoms. The van der Waals surface area contributed by atoms with Gasteiger partial charge in [0, 0.05) is 17.0 Å². The quantitative estimate of drug-likeness (QED) is 0.333. The number of para-hydroxylation sites is 2. The minimum atomic E-state index is -0.260. The zero-order valence-corrected chi connectivity index (χ0v) is 18.1. The number of anilines is 1. The van der Waals surface area contributed by atoms with E-state index in [1.54, 1.807) is 0 Å². The van der Waals surface area contributed by atoms with E-state index in [-0.39, 0.29) is 11.9 Å². The van der Waals surface area contributed by atoms with Crippen molar-refractivity contribution in [2.75, 3.05) is 4.90 Å². The molecule has 0 bridgehead atoms. The summed E-state index contributed by atoms with van der Waals surface area (Å²) in [5.41, 5.74) is 5.16. The number of carbonyl (C=O) groups is 1. The monoisotopic (exact) mass is 436 g/mol. The zero-order chi connectivity index (χ0) is 21.9. The van der Waals surface area contributed by atoms with Crippen LogP contribution in [0.1, 0.15) is 33.9 Å². The fourth-order valence-electron chi connectivity index (χ4n) is 4.16. The van der Waals surface area contributed by atoms with Crippen LogP contribution < -0.4 is 4.90 Å². The fourth-order valence-corrected chi connectivity index (χ4v) is 4.36. The number of rotatable bonds is 3. The van der Waals surface area contributed by atoms with E-state index in [9.17, 15) is 4.79 Å². The van der Waals surface area contributed by atoms with E-state index in [1.165, 1.54) is 0 Å². The summed E-state index contributed by atoms with van der Waals surface area (Å²) in [6.07, 6.45) is 0.567. The maximum atomic E-state index is 13.9. The zero-order valence-electron chi connectivity index (χ0n) is 17.4. The normalized spacial score (nSPS) is 15.5. The van der Waals surface area contributed by atoms with Crippen LogP contribution in [0.25, 0.3) is 0 Å². The minimum absolute atomic E-state index is 0.0625. The molecule has 0 saturated heterocycles. The van der Waals surface area contributed by atoms with Crippen molar-refractivity contribution in [1.82, 2.24) is 0 Å². The van der Waals surface area contributed by atoms with Crippen LogP contribution in [0.2, 0.25) is 5.02 Å². The van der Waals surface area contributed by atoms with Gasteiger partial charge in [-0.15, -0.1) is 0 Å². The summed E-state index contributed by atoms with van der Waals surface area (Å²) in [6, 6.07) is 34.8. The van der Waals surface area contributed by atoms with Gasteiger partial charge in [-0.3, -0.25) is 14.7 Å². The Balaban J connectivity index is 1.72. The van der Waals surface area contributed by atoms with Crippen LogP contribution in [0.15, 0.2) is 114 Å². The minimum Gasteiger partial charge on any atom is -0.298 e. The van der Waals surface area contributed by atoms with Crippen molar-refractivity contribution in [1.29, 1.82) is 0 Å². The summed E-state index contributed by atoms with van der Waals surface area (Å²) in [4.78, 5) is 20.8. The van der Waals surface area contributed by atoms with Crippen LogP contribution in [0.3, 0.4) is 0 Å². The van der Waals surface area contributed by atoms with Gasteiger partial charge in [0.1, 0.15) is 0 Å². The third-order valence-corrected chi connectivity index (χ3v) is 5.91. The van der Waals surface area contributed by atoms with Gasteiger partial charge in [0.05, 0.1) is 23.1 Å². The molecule has 0 aliphatic carbocycles. The highest BCUT2D eigenvalue weighted by molar-refractivity contribution is 6.30. The second-order valence-corrected chi connectivity index (χ2v) is 8.17. The van der Waals surface area contributed by atoms with Gasteiger partial charge in [-0.2, -0.15) is 0 Å². The Labute approximate surface area is 192 Å². The van der Waals surface area contributed by atoms with E-state index in [0.717, 1.165) is 28.2 Å². The largest absolute Gasteiger partial charge is 0.298 e. The molecule has 156 valence electrons. The van der Waals surface area contributed by atoms with Crippen LogP contribution >= 0.6 is 11.6 Å². The highest BCUT2D eigenvalue weighted by atomic mass is 35.5. The molecule has 4 aromatic carbocycles. The summed E-state index contributed by atoms with van der Waals surface area (Å²) >= 11 is 6.37. The molecule has 0 fully saturated rings. The summed E-state index contributed by atoms with van der Waals surface area (Å²) in [5.74, 6) is -0.0625. The molecule has 1 aliphatic heterocycles. The first-order valence-corrected chi connectivity index (χ1v) is 10.9. The van der Waals surface area contributed by atoms with E-state index >= 15 is 0 Å². The van der Waals surface area contributed by atoms with Crippen LogP contribution in [-0.2, 0) is 0 Å². The first-order chi connectivity index (χ1) is 15.7. The van der Waals surface area contributed by atoms with E-state index in [1.807, 2.05) is 102 Å². The molecule has 4 aromatic rings. The lowest BCUT2D eigenvalue weighted by atomic mass is 9.95. The Kier molecular flexibility index (Phi) is 5.57. The molecule has 0 unspecified atom stereocenters. The average Bonchev–Trinajstić information content (AvgIpc) is 3.02. The second-order valence-electron chi connectivity index (χ2n) is 7.73. The van der Waals surface area contributed by atoms with Gasteiger partial charge < -0.3 is 0 Å². The van der Waals surface area contributed by atoms with Gasteiger partial charge in [-0.25, -0.2) is 0 Å². The number of carbonyl (C=O) groups excluding carboxylic acids is 1. The molecule has 5 rings (SSSR count). The number of amides is 1. The SMILES string of the molecule is O=C(c1ccccc1)N1c2ccccc2N=C(c2ccccc2)C[C@@H]1c1cccc(Cl)c1. The Morgan fingerprint density at radius 3 is 2.25 bits per heavy atom. The molecule has 0 radical (unpaired) electrons. The van der Waals surface area contributed by atoms with Gasteiger partial charge in [-0.1, -0.05) is 84.4 Å². The van der Waals surface area contributed by atoms with Gasteiger partial charge >= 0.3 is 0 Å². The van der Waals surface area contributed by atoms with Crippen LogP contribution in [0, 0.1) is 0 Å². The van der Waals surface area contributed by atoms with Crippen LogP contribution in [0.4, 0.5) is 11.4 Å². The smallest absolute Gasteiger partial charge is 0.258 e. The molecule has 1 atom stereocenters. The molecule has 1 aliphatic rings. The van der Waals surface area contributed by atoms with Gasteiger partial charge in [0.2, 0.25) is 0 Å². The van der Waals surface area contributed by atoms with Gasteiger partial charge in [0.15, 0.2) is 0 Å². The number of halogens is 1. The molecule has 32 heavy (non-hydrogen) atoms. The lowest BCUT2D eigenvalue weighted by molar-refractivity contribution is 0.0977. The molecular formula is C28H21ClN2O. The van der Waals surface area contributed by atoms with Crippen molar-refractivity contribution in [3.63, 3.8) is 0 Å². The van der Waals surface area contributed by atoms with E-state index in [0.29, 0.717) is 17.0 Å². The summed E-state index contributed by atoms with van der Waals surface area (Å²) in [5, 5.41) is 0.644. The number of benzene rings is 4. The van der Waals surface area contributed by atoms with Crippen molar-refractivity contribution < 1.29 is 4.79 Å². The Bertz CT molecular complexity index is 1290. The van der Waals surface area contributed by atoms with E-state index < -0.39 is 0 Å². The highest BCUT2D eigenvalue weighted by Crippen LogP contribution is 2.41. The number of fused-ring (bicyclic) bond motifs is 1. The van der Waals surface area contributed by atoms with Crippen LogP contribution in [-0.4, -0.2) is 11.6 Å². The third-order valence-electron chi connectivity index (χ3n) is 5.68. The molecule has 1 heterocycles. The molecule has 0 aromatic heterocycles. The van der Waals surface area contributed by atoms with Crippen molar-refractivity contribution in [3.8, 4) is 0 Å². The number of nitrogens with zero attached hydrogens (tertiary/aromatic N) is 2. The Hall–Kier alpha value is -3.69. The molecule has 0 saturated carbocycles. The highest BCUT2D eigenvalue weighted by Gasteiger charge is 2.33. The number of hydrogen-bond acceptors (Lipinski definition) is 2. The molecule has 3 nitrogen and oxygen atoms in total. The van der Waals surface area contributed by atoms with Crippen molar-refractivity contribution in [3.05, 3.63) is 131 Å². The maximum Gasteiger partial charge on any atom is 0.258 e. The molecular weight excluding hydrogens is 416 g/mol. The predicted molar refractivity (Wildman–Crippen MR) is 131 cm³/mol. The summed E-state index contributed by atoms with van der Waals surface area (Å²) in [6.45, 7) is 0. The van der Waals surface area contributed by atoms with E-state index in [4.69, 9.17) is 16.6 Å². The first-order valence-electron chi connectivity index (χ1n) is 10.6. The topological polar surface area (TPSA) is 32.7 Å². The lowest BCUT2D eigenvalue weighted by Crippen LogP contribution is -2.35. The van der Waals surface area contributed by atoms with E-state index in [2.05, 4.69) is 12.1 Å². The fraction of sp³-hybridized carbons (Fsp3) is 0.0714. The van der Waals surface area contributed by atoms with Gasteiger partial charge in [-0.05, 0) is 47.5 Å². The number of hydrogen-bond donors (Lipinski definition) is 0. The standard InChI is InChI=1S/C28H21ClN2O/c29-23-15-9-14-22(18-23)27-19-25(20-10-3-1-4-11-20)30-24-16-7-8-17-26(24)31(27)28(32)21-12-5-2-6-13-21/h1-18,27H,19H2/t27-/m1/s1. The lowest BCUT2D eigenvalue weighted by Gasteiger charge is -2.32. The molecule has 0 spiro atoms. The van der Waals surface area contributed by atoms with Crippen molar-refractivity contribution in [2.45, 2.75) is 12.5 Å². The second kappa shape index (κ2) is 8.81. The van der Waals surface area contributed by atoms with Crippen molar-refractivity contribution in [2.24, 2.45) is 4.99 Å². The van der Waals surface area contributed by atoms with Crippen molar-refractivity contribution >= 4 is 34.6 Å². The Morgan fingerprint density at radius 2 is 1.50 bits per heavy atom. The summed E-state index contributed by atoms with van der Waals surface area (Å²) < 4.78 is 0. The maximum absolute atomic E-state index is 13.9. The molecule has 1 amide bonds. The Morgan fingerprint density at radius 1 is 0.812 bits per heavy atom. The van der Waals surface area contributed by atoms with Gasteiger partial charge in [0.25, 0.3) is 5.91 Å². The third kappa shape index (κ3) is 3.95. The van der Waals surface area contributed by atoms with Crippen LogP contribution in [0.5, 0.6) is 0 Å². The molecule has 0 N–H and O–H groups in total.